The molecule has 0 radical (unpaired) electrons. The Bertz CT molecular complexity index is 833. The minimum atomic E-state index is -0.537. The second-order valence-corrected chi connectivity index (χ2v) is 6.10. The molecule has 3 aromatic rings. The number of nitrogens with one attached hydrogen (secondary N) is 1. The van der Waals surface area contributed by atoms with Gasteiger partial charge in [-0.25, -0.2) is 9.78 Å². The first-order valence-electron chi connectivity index (χ1n) is 5.52. The van der Waals surface area contributed by atoms with Crippen molar-refractivity contribution in [3.63, 3.8) is 0 Å². The van der Waals surface area contributed by atoms with Crippen LogP contribution in [-0.4, -0.2) is 26.8 Å². The summed E-state index contributed by atoms with van der Waals surface area (Å²) in [6.07, 6.45) is 0. The third kappa shape index (κ3) is 2.67. The molecule has 10 heteroatoms. The SMILES string of the molecule is COC(=O)c1sc(Nc2c(Cl)ccc3nsnc23)nc1Cl. The molecule has 0 fully saturated rings. The van der Waals surface area contributed by atoms with Gasteiger partial charge in [-0.05, 0) is 12.1 Å². The van der Waals surface area contributed by atoms with Crippen LogP contribution in [0.5, 0.6) is 0 Å². The Morgan fingerprint density at radius 3 is 2.90 bits per heavy atom. The first-order chi connectivity index (χ1) is 10.1. The van der Waals surface area contributed by atoms with E-state index in [2.05, 4.69) is 23.8 Å². The first kappa shape index (κ1) is 14.5. The van der Waals surface area contributed by atoms with Crippen LogP contribution in [0.2, 0.25) is 10.2 Å². The average Bonchev–Trinajstić information content (AvgIpc) is 3.07. The number of methoxy groups -OCH3 is 1. The van der Waals surface area contributed by atoms with Crippen molar-refractivity contribution in [1.82, 2.24) is 13.7 Å². The normalized spacial score (nSPS) is 10.8. The Kier molecular flexibility index (Phi) is 3.94. The van der Waals surface area contributed by atoms with E-state index in [1.807, 2.05) is 0 Å². The van der Waals surface area contributed by atoms with Crippen LogP contribution >= 0.6 is 46.3 Å². The van der Waals surface area contributed by atoms with Gasteiger partial charge in [0, 0.05) is 0 Å². The number of rotatable bonds is 3. The van der Waals surface area contributed by atoms with Crippen molar-refractivity contribution < 1.29 is 9.53 Å². The molecule has 1 aromatic carbocycles. The van der Waals surface area contributed by atoms with Gasteiger partial charge in [-0.1, -0.05) is 34.5 Å². The molecule has 0 saturated carbocycles. The predicted octanol–water partition coefficient (Wildman–Crippen LogP) is 3.98. The van der Waals surface area contributed by atoms with E-state index < -0.39 is 5.97 Å². The average molecular weight is 361 g/mol. The van der Waals surface area contributed by atoms with Gasteiger partial charge in [0.15, 0.2) is 15.2 Å². The maximum absolute atomic E-state index is 11.5. The topological polar surface area (TPSA) is 77.0 Å². The lowest BCUT2D eigenvalue weighted by atomic mass is 10.2. The Labute approximate surface area is 137 Å². The highest BCUT2D eigenvalue weighted by Crippen LogP contribution is 2.35. The van der Waals surface area contributed by atoms with Gasteiger partial charge in [0.25, 0.3) is 0 Å². The highest BCUT2D eigenvalue weighted by atomic mass is 35.5. The summed E-state index contributed by atoms with van der Waals surface area (Å²) in [6.45, 7) is 0. The lowest BCUT2D eigenvalue weighted by molar-refractivity contribution is 0.0606. The summed E-state index contributed by atoms with van der Waals surface area (Å²) in [5.74, 6) is -0.537. The van der Waals surface area contributed by atoms with Gasteiger partial charge in [-0.3, -0.25) is 0 Å². The molecule has 2 aromatic heterocycles. The molecule has 0 atom stereocenters. The number of aromatic nitrogens is 3. The van der Waals surface area contributed by atoms with E-state index in [1.165, 1.54) is 7.11 Å². The van der Waals surface area contributed by atoms with Crippen LogP contribution in [0.25, 0.3) is 11.0 Å². The van der Waals surface area contributed by atoms with Crippen LogP contribution < -0.4 is 5.32 Å². The number of carbonyl (C=O) groups excluding carboxylic acids is 1. The van der Waals surface area contributed by atoms with E-state index in [1.54, 1.807) is 12.1 Å². The fourth-order valence-electron chi connectivity index (χ4n) is 1.63. The van der Waals surface area contributed by atoms with E-state index in [9.17, 15) is 4.79 Å². The summed E-state index contributed by atoms with van der Waals surface area (Å²) in [5.41, 5.74) is 1.94. The van der Waals surface area contributed by atoms with Crippen LogP contribution in [0.3, 0.4) is 0 Å². The van der Waals surface area contributed by atoms with Crippen molar-refractivity contribution >= 4 is 74.1 Å². The molecule has 0 spiro atoms. The van der Waals surface area contributed by atoms with Gasteiger partial charge in [-0.15, -0.1) is 0 Å². The maximum Gasteiger partial charge on any atom is 0.351 e. The van der Waals surface area contributed by atoms with Crippen molar-refractivity contribution in [1.29, 1.82) is 0 Å². The molecular weight excluding hydrogens is 355 g/mol. The molecule has 0 amide bonds. The summed E-state index contributed by atoms with van der Waals surface area (Å²) in [4.78, 5) is 15.8. The number of hydrogen-bond donors (Lipinski definition) is 1. The molecular formula is C11H6Cl2N4O2S2. The molecule has 0 aliphatic carbocycles. The van der Waals surface area contributed by atoms with E-state index in [-0.39, 0.29) is 10.0 Å². The third-order valence-corrected chi connectivity index (χ3v) is 4.76. The zero-order chi connectivity index (χ0) is 15.0. The van der Waals surface area contributed by atoms with E-state index in [0.717, 1.165) is 28.6 Å². The van der Waals surface area contributed by atoms with Crippen LogP contribution in [0, 0.1) is 0 Å². The van der Waals surface area contributed by atoms with Crippen LogP contribution in [0.4, 0.5) is 10.8 Å². The zero-order valence-corrected chi connectivity index (χ0v) is 13.5. The minimum Gasteiger partial charge on any atom is -0.465 e. The number of fused-ring (bicyclic) bond motifs is 1. The number of nitrogens with zero attached hydrogens (tertiary/aromatic N) is 3. The minimum absolute atomic E-state index is 0.0778. The van der Waals surface area contributed by atoms with Gasteiger partial charge in [0.1, 0.15) is 11.0 Å². The third-order valence-electron chi connectivity index (χ3n) is 2.57. The van der Waals surface area contributed by atoms with Crippen molar-refractivity contribution in [3.05, 3.63) is 27.2 Å². The number of esters is 1. The van der Waals surface area contributed by atoms with Crippen LogP contribution in [-0.2, 0) is 4.74 Å². The fraction of sp³-hybridized carbons (Fsp3) is 0.0909. The number of ether oxygens (including phenoxy) is 1. The summed E-state index contributed by atoms with van der Waals surface area (Å²) in [6, 6.07) is 3.49. The Hall–Kier alpha value is -1.48. The molecule has 0 saturated heterocycles. The molecule has 0 aliphatic rings. The van der Waals surface area contributed by atoms with Crippen molar-refractivity contribution in [2.24, 2.45) is 0 Å². The lowest BCUT2D eigenvalue weighted by Crippen LogP contribution is -1.98. The highest BCUT2D eigenvalue weighted by Gasteiger charge is 2.19. The number of thiazole rings is 1. The molecule has 0 unspecified atom stereocenters. The van der Waals surface area contributed by atoms with Crippen molar-refractivity contribution in [2.45, 2.75) is 0 Å². The molecule has 2 heterocycles. The van der Waals surface area contributed by atoms with E-state index in [4.69, 9.17) is 23.2 Å². The summed E-state index contributed by atoms with van der Waals surface area (Å²) < 4.78 is 13.0. The molecule has 0 bridgehead atoms. The molecule has 0 aliphatic heterocycles. The van der Waals surface area contributed by atoms with Gasteiger partial charge >= 0.3 is 5.97 Å². The van der Waals surface area contributed by atoms with Crippen molar-refractivity contribution in [3.8, 4) is 0 Å². The van der Waals surface area contributed by atoms with E-state index in [0.29, 0.717) is 21.4 Å². The van der Waals surface area contributed by atoms with Gasteiger partial charge in [-0.2, -0.15) is 8.75 Å². The summed E-state index contributed by atoms with van der Waals surface area (Å²) >= 11 is 14.3. The van der Waals surface area contributed by atoms with Gasteiger partial charge < -0.3 is 10.1 Å². The first-order valence-corrected chi connectivity index (χ1v) is 7.83. The molecule has 108 valence electrons. The zero-order valence-electron chi connectivity index (χ0n) is 10.4. The number of halogens is 2. The summed E-state index contributed by atoms with van der Waals surface area (Å²) in [7, 11) is 1.28. The number of carbonyl (C=O) groups is 1. The van der Waals surface area contributed by atoms with Crippen molar-refractivity contribution in [2.75, 3.05) is 12.4 Å². The molecule has 6 nitrogen and oxygen atoms in total. The molecule has 21 heavy (non-hydrogen) atoms. The van der Waals surface area contributed by atoms with Gasteiger partial charge in [0.05, 0.1) is 29.5 Å². The standard InChI is InChI=1S/C11H6Cl2N4O2S2/c1-19-10(18)8-9(13)15-11(20-8)14-6-4(12)2-3-5-7(6)17-21-16-5/h2-3H,1H3,(H,14,15). The van der Waals surface area contributed by atoms with E-state index >= 15 is 0 Å². The number of anilines is 2. The number of benzene rings is 1. The largest absolute Gasteiger partial charge is 0.465 e. The number of hydrogen-bond acceptors (Lipinski definition) is 8. The monoisotopic (exact) mass is 360 g/mol. The Morgan fingerprint density at radius 2 is 2.14 bits per heavy atom. The second-order valence-electron chi connectivity index (χ2n) is 3.81. The Morgan fingerprint density at radius 1 is 1.33 bits per heavy atom. The highest BCUT2D eigenvalue weighted by molar-refractivity contribution is 7.18. The predicted molar refractivity (Wildman–Crippen MR) is 84.2 cm³/mol. The second kappa shape index (κ2) is 5.72. The van der Waals surface area contributed by atoms with Gasteiger partial charge in [0.2, 0.25) is 0 Å². The lowest BCUT2D eigenvalue weighted by Gasteiger charge is -2.05. The molecule has 3 rings (SSSR count). The quantitative estimate of drug-likeness (QED) is 0.711. The van der Waals surface area contributed by atoms with Crippen LogP contribution in [0.15, 0.2) is 12.1 Å². The molecule has 1 N–H and O–H groups in total. The maximum atomic E-state index is 11.5. The fourth-order valence-corrected chi connectivity index (χ4v) is 3.48. The summed E-state index contributed by atoms with van der Waals surface area (Å²) in [5, 5.41) is 4.00. The van der Waals surface area contributed by atoms with Crippen LogP contribution in [0.1, 0.15) is 9.67 Å². The Balaban J connectivity index is 2.01. The smallest absolute Gasteiger partial charge is 0.351 e.